The molecule has 1 unspecified atom stereocenters. The third-order valence-corrected chi connectivity index (χ3v) is 4.80. The Morgan fingerprint density at radius 2 is 1.42 bits per heavy atom. The fourth-order valence-electron chi connectivity index (χ4n) is 3.01. The molecule has 0 aliphatic carbocycles. The molecule has 0 bridgehead atoms. The molecule has 0 fully saturated rings. The van der Waals surface area contributed by atoms with E-state index in [4.69, 9.17) is 0 Å². The van der Waals surface area contributed by atoms with Crippen molar-refractivity contribution in [1.29, 1.82) is 0 Å². The average Bonchev–Trinajstić information content (AvgIpc) is 2.67. The van der Waals surface area contributed by atoms with E-state index in [1.165, 1.54) is 0 Å². The predicted octanol–water partition coefficient (Wildman–Crippen LogP) is 4.90. The molecule has 0 heterocycles. The highest BCUT2D eigenvalue weighted by atomic mass is 16.2. The van der Waals surface area contributed by atoms with Gasteiger partial charge in [-0.15, -0.1) is 0 Å². The summed E-state index contributed by atoms with van der Waals surface area (Å²) in [6, 6.07) is 13.6. The smallest absolute Gasteiger partial charge is 0.314 e. The molecule has 26 heavy (non-hydrogen) atoms. The Morgan fingerprint density at radius 3 is 2.00 bits per heavy atom. The largest absolute Gasteiger partial charge is 0.318 e. The summed E-state index contributed by atoms with van der Waals surface area (Å²) in [5.41, 5.74) is 4.56. The minimum absolute atomic E-state index is 0.307. The number of carbonyl (C=O) groups is 2. The SMILES string of the molecule is CCc1cccc(CC)c1NC(=O)C(=O)Nc1ccccc1C(C)CC. The topological polar surface area (TPSA) is 58.2 Å². The lowest BCUT2D eigenvalue weighted by molar-refractivity contribution is -0.133. The average molecular weight is 352 g/mol. The number of hydrogen-bond donors (Lipinski definition) is 2. The molecule has 2 amide bonds. The van der Waals surface area contributed by atoms with E-state index in [0.717, 1.165) is 41.6 Å². The number of anilines is 2. The highest BCUT2D eigenvalue weighted by Crippen LogP contribution is 2.27. The summed E-state index contributed by atoms with van der Waals surface area (Å²) in [5, 5.41) is 5.58. The third kappa shape index (κ3) is 4.51. The molecule has 138 valence electrons. The quantitative estimate of drug-likeness (QED) is 0.726. The Hall–Kier alpha value is -2.62. The van der Waals surface area contributed by atoms with Gasteiger partial charge in [0.15, 0.2) is 0 Å². The van der Waals surface area contributed by atoms with Gasteiger partial charge in [0, 0.05) is 11.4 Å². The summed E-state index contributed by atoms with van der Waals surface area (Å²) >= 11 is 0. The molecule has 4 nitrogen and oxygen atoms in total. The first kappa shape index (κ1) is 19.7. The second-order valence-corrected chi connectivity index (χ2v) is 6.46. The van der Waals surface area contributed by atoms with Gasteiger partial charge in [-0.3, -0.25) is 9.59 Å². The Balaban J connectivity index is 2.19. The fraction of sp³-hybridized carbons (Fsp3) is 0.364. The maximum absolute atomic E-state index is 12.5. The Kier molecular flexibility index (Phi) is 6.96. The van der Waals surface area contributed by atoms with Crippen LogP contribution in [0.5, 0.6) is 0 Å². The zero-order chi connectivity index (χ0) is 19.1. The summed E-state index contributed by atoms with van der Waals surface area (Å²) in [6.45, 7) is 8.28. The normalized spacial score (nSPS) is 11.7. The number of amides is 2. The summed E-state index contributed by atoms with van der Waals surface area (Å²) in [5.74, 6) is -0.977. The molecule has 1 atom stereocenters. The van der Waals surface area contributed by atoms with Crippen molar-refractivity contribution in [1.82, 2.24) is 0 Å². The van der Waals surface area contributed by atoms with E-state index in [9.17, 15) is 9.59 Å². The molecule has 0 saturated heterocycles. The first-order chi connectivity index (χ1) is 12.5. The molecule has 0 aromatic heterocycles. The molecule has 2 N–H and O–H groups in total. The Labute approximate surface area is 156 Å². The minimum atomic E-state index is -0.645. The van der Waals surface area contributed by atoms with Crippen LogP contribution in [-0.4, -0.2) is 11.8 Å². The van der Waals surface area contributed by atoms with Crippen LogP contribution in [0.4, 0.5) is 11.4 Å². The molecule has 4 heteroatoms. The van der Waals surface area contributed by atoms with Crippen LogP contribution < -0.4 is 10.6 Å². The summed E-state index contributed by atoms with van der Waals surface area (Å²) < 4.78 is 0. The van der Waals surface area contributed by atoms with Gasteiger partial charge in [0.05, 0.1) is 0 Å². The van der Waals surface area contributed by atoms with Crippen LogP contribution in [0.3, 0.4) is 0 Å². The van der Waals surface area contributed by atoms with Gasteiger partial charge in [-0.05, 0) is 47.9 Å². The van der Waals surface area contributed by atoms with Gasteiger partial charge in [0.2, 0.25) is 0 Å². The highest BCUT2D eigenvalue weighted by molar-refractivity contribution is 6.43. The van der Waals surface area contributed by atoms with E-state index in [2.05, 4.69) is 24.5 Å². The van der Waals surface area contributed by atoms with Crippen LogP contribution in [0.2, 0.25) is 0 Å². The Morgan fingerprint density at radius 1 is 0.846 bits per heavy atom. The van der Waals surface area contributed by atoms with Gasteiger partial charge in [0.25, 0.3) is 0 Å². The third-order valence-electron chi connectivity index (χ3n) is 4.80. The molecule has 2 rings (SSSR count). The lowest BCUT2D eigenvalue weighted by atomic mass is 9.97. The van der Waals surface area contributed by atoms with Crippen molar-refractivity contribution in [2.45, 2.75) is 52.9 Å². The highest BCUT2D eigenvalue weighted by Gasteiger charge is 2.19. The first-order valence-corrected chi connectivity index (χ1v) is 9.33. The molecule has 0 aliphatic rings. The maximum Gasteiger partial charge on any atom is 0.314 e. The van der Waals surface area contributed by atoms with Crippen molar-refractivity contribution >= 4 is 23.2 Å². The van der Waals surface area contributed by atoms with Crippen LogP contribution in [0.15, 0.2) is 42.5 Å². The van der Waals surface area contributed by atoms with Gasteiger partial charge < -0.3 is 10.6 Å². The van der Waals surface area contributed by atoms with Gasteiger partial charge in [-0.25, -0.2) is 0 Å². The number of aryl methyl sites for hydroxylation is 2. The van der Waals surface area contributed by atoms with Crippen LogP contribution in [0, 0.1) is 0 Å². The van der Waals surface area contributed by atoms with E-state index < -0.39 is 11.8 Å². The number of hydrogen-bond acceptors (Lipinski definition) is 2. The van der Waals surface area contributed by atoms with Crippen LogP contribution in [-0.2, 0) is 22.4 Å². The molecule has 2 aromatic carbocycles. The van der Waals surface area contributed by atoms with Crippen LogP contribution in [0.25, 0.3) is 0 Å². The lowest BCUT2D eigenvalue weighted by Gasteiger charge is -2.17. The van der Waals surface area contributed by atoms with Gasteiger partial charge in [0.1, 0.15) is 0 Å². The number of carbonyl (C=O) groups excluding carboxylic acids is 2. The van der Waals surface area contributed by atoms with E-state index >= 15 is 0 Å². The van der Waals surface area contributed by atoms with Gasteiger partial charge in [-0.1, -0.05) is 64.1 Å². The number of benzene rings is 2. The monoisotopic (exact) mass is 352 g/mol. The minimum Gasteiger partial charge on any atom is -0.318 e. The van der Waals surface area contributed by atoms with E-state index in [0.29, 0.717) is 11.6 Å². The molecule has 0 radical (unpaired) electrons. The van der Waals surface area contributed by atoms with E-state index in [1.807, 2.05) is 56.3 Å². The first-order valence-electron chi connectivity index (χ1n) is 9.33. The van der Waals surface area contributed by atoms with Crippen molar-refractivity contribution < 1.29 is 9.59 Å². The number of nitrogens with one attached hydrogen (secondary N) is 2. The van der Waals surface area contributed by atoms with Crippen LogP contribution in [0.1, 0.15) is 56.7 Å². The molecule has 0 aliphatic heterocycles. The number of para-hydroxylation sites is 2. The van der Waals surface area contributed by atoms with E-state index in [1.54, 1.807) is 0 Å². The van der Waals surface area contributed by atoms with Crippen molar-refractivity contribution in [2.24, 2.45) is 0 Å². The van der Waals surface area contributed by atoms with Gasteiger partial charge >= 0.3 is 11.8 Å². The van der Waals surface area contributed by atoms with Crippen molar-refractivity contribution in [3.8, 4) is 0 Å². The summed E-state index contributed by atoms with van der Waals surface area (Å²) in [4.78, 5) is 24.9. The summed E-state index contributed by atoms with van der Waals surface area (Å²) in [7, 11) is 0. The predicted molar refractivity (Wildman–Crippen MR) is 108 cm³/mol. The Bertz CT molecular complexity index is 761. The molecule has 2 aromatic rings. The summed E-state index contributed by atoms with van der Waals surface area (Å²) in [6.07, 6.45) is 2.55. The maximum atomic E-state index is 12.5. The zero-order valence-corrected chi connectivity index (χ0v) is 16.1. The second-order valence-electron chi connectivity index (χ2n) is 6.46. The zero-order valence-electron chi connectivity index (χ0n) is 16.1. The fourth-order valence-corrected chi connectivity index (χ4v) is 3.01. The van der Waals surface area contributed by atoms with Gasteiger partial charge in [-0.2, -0.15) is 0 Å². The van der Waals surface area contributed by atoms with Crippen molar-refractivity contribution in [3.05, 3.63) is 59.2 Å². The lowest BCUT2D eigenvalue weighted by Crippen LogP contribution is -2.30. The van der Waals surface area contributed by atoms with Crippen molar-refractivity contribution in [2.75, 3.05) is 10.6 Å². The second kappa shape index (κ2) is 9.18. The molecule has 0 saturated carbocycles. The molecular weight excluding hydrogens is 324 g/mol. The standard InChI is InChI=1S/C22H28N2O2/c1-5-15(4)18-13-8-9-14-19(18)23-21(25)22(26)24-20-16(6-2)11-10-12-17(20)7-3/h8-15H,5-7H2,1-4H3,(H,23,25)(H,24,26). The van der Waals surface area contributed by atoms with Crippen LogP contribution >= 0.6 is 0 Å². The number of rotatable bonds is 6. The van der Waals surface area contributed by atoms with E-state index in [-0.39, 0.29) is 0 Å². The molecule has 0 spiro atoms. The van der Waals surface area contributed by atoms with Crippen molar-refractivity contribution in [3.63, 3.8) is 0 Å². The molecular formula is C22H28N2O2.